The van der Waals surface area contributed by atoms with Crippen LogP contribution in [0, 0.1) is 0 Å². The van der Waals surface area contributed by atoms with Crippen molar-refractivity contribution in [2.45, 2.75) is 13.3 Å². The van der Waals surface area contributed by atoms with Crippen LogP contribution in [0.3, 0.4) is 0 Å². The molecule has 0 bridgehead atoms. The third-order valence-corrected chi connectivity index (χ3v) is 2.86. The van der Waals surface area contributed by atoms with Gasteiger partial charge in [-0.25, -0.2) is 4.79 Å². The summed E-state index contributed by atoms with van der Waals surface area (Å²) in [6, 6.07) is 6.50. The lowest BCUT2D eigenvalue weighted by atomic mass is 10.1. The minimum Gasteiger partial charge on any atom is -0.478 e. The SMILES string of the molecule is CC(=O)N(C)CC(=O)NCCc1ccc(C(=O)O)cc1. The standard InChI is InChI=1S/C14H18N2O4/c1-10(17)16(2)9-13(18)15-8-7-11-3-5-12(6-4-11)14(19)20/h3-6H,7-9H2,1-2H3,(H,15,18)(H,19,20). The highest BCUT2D eigenvalue weighted by Crippen LogP contribution is 2.04. The summed E-state index contributed by atoms with van der Waals surface area (Å²) in [5.74, 6) is -1.34. The molecule has 0 aliphatic rings. The maximum atomic E-state index is 11.5. The number of hydrogen-bond acceptors (Lipinski definition) is 3. The van der Waals surface area contributed by atoms with E-state index in [9.17, 15) is 14.4 Å². The van der Waals surface area contributed by atoms with Gasteiger partial charge in [-0.15, -0.1) is 0 Å². The van der Waals surface area contributed by atoms with Gasteiger partial charge in [0.1, 0.15) is 0 Å². The van der Waals surface area contributed by atoms with Crippen molar-refractivity contribution in [3.05, 3.63) is 35.4 Å². The van der Waals surface area contributed by atoms with E-state index in [0.717, 1.165) is 5.56 Å². The van der Waals surface area contributed by atoms with Gasteiger partial charge < -0.3 is 15.3 Å². The number of nitrogens with one attached hydrogen (secondary N) is 1. The van der Waals surface area contributed by atoms with E-state index in [1.54, 1.807) is 19.2 Å². The predicted molar refractivity (Wildman–Crippen MR) is 73.4 cm³/mol. The molecule has 2 amide bonds. The van der Waals surface area contributed by atoms with Crippen molar-refractivity contribution in [3.8, 4) is 0 Å². The minimum atomic E-state index is -0.961. The summed E-state index contributed by atoms with van der Waals surface area (Å²) in [4.78, 5) is 34.5. The molecule has 0 heterocycles. The molecule has 20 heavy (non-hydrogen) atoms. The number of hydrogen-bond donors (Lipinski definition) is 2. The number of likely N-dealkylation sites (N-methyl/N-ethyl adjacent to an activating group) is 1. The van der Waals surface area contributed by atoms with Gasteiger partial charge in [0, 0.05) is 20.5 Å². The Hall–Kier alpha value is -2.37. The topological polar surface area (TPSA) is 86.7 Å². The fourth-order valence-electron chi connectivity index (χ4n) is 1.54. The number of carboxylic acid groups (broad SMARTS) is 1. The second-order valence-electron chi connectivity index (χ2n) is 4.48. The number of carboxylic acids is 1. The van der Waals surface area contributed by atoms with Crippen LogP contribution in [0.2, 0.25) is 0 Å². The predicted octanol–water partition coefficient (Wildman–Crippen LogP) is 0.522. The molecule has 0 spiro atoms. The average molecular weight is 278 g/mol. The van der Waals surface area contributed by atoms with Crippen LogP contribution < -0.4 is 5.32 Å². The quantitative estimate of drug-likeness (QED) is 0.794. The Labute approximate surface area is 117 Å². The third kappa shape index (κ3) is 5.09. The number of amides is 2. The summed E-state index contributed by atoms with van der Waals surface area (Å²) in [6.07, 6.45) is 0.607. The number of aromatic carboxylic acids is 1. The molecule has 1 aromatic rings. The monoisotopic (exact) mass is 278 g/mol. The van der Waals surface area contributed by atoms with Crippen molar-refractivity contribution in [1.82, 2.24) is 10.2 Å². The number of carbonyl (C=O) groups excluding carboxylic acids is 2. The van der Waals surface area contributed by atoms with Gasteiger partial charge in [0.15, 0.2) is 0 Å². The summed E-state index contributed by atoms with van der Waals surface area (Å²) < 4.78 is 0. The summed E-state index contributed by atoms with van der Waals surface area (Å²) in [6.45, 7) is 1.88. The Morgan fingerprint density at radius 3 is 2.30 bits per heavy atom. The fourth-order valence-corrected chi connectivity index (χ4v) is 1.54. The molecule has 0 aromatic heterocycles. The van der Waals surface area contributed by atoms with Crippen LogP contribution in [0.25, 0.3) is 0 Å². The number of nitrogens with zero attached hydrogens (tertiary/aromatic N) is 1. The normalized spacial score (nSPS) is 9.90. The zero-order chi connectivity index (χ0) is 15.1. The van der Waals surface area contributed by atoms with Gasteiger partial charge in [0.25, 0.3) is 0 Å². The van der Waals surface area contributed by atoms with Crippen LogP contribution in [-0.4, -0.2) is 47.9 Å². The van der Waals surface area contributed by atoms with Crippen molar-refractivity contribution in [2.75, 3.05) is 20.1 Å². The Kier molecular flexibility index (Phi) is 5.71. The molecular weight excluding hydrogens is 260 g/mol. The third-order valence-electron chi connectivity index (χ3n) is 2.86. The molecule has 0 radical (unpaired) electrons. The molecule has 6 heteroatoms. The molecule has 0 aliphatic heterocycles. The zero-order valence-corrected chi connectivity index (χ0v) is 11.5. The van der Waals surface area contributed by atoms with Crippen molar-refractivity contribution < 1.29 is 19.5 Å². The lowest BCUT2D eigenvalue weighted by molar-refractivity contribution is -0.133. The molecule has 0 unspecified atom stereocenters. The van der Waals surface area contributed by atoms with Crippen molar-refractivity contribution in [2.24, 2.45) is 0 Å². The largest absolute Gasteiger partial charge is 0.478 e. The molecule has 1 rings (SSSR count). The van der Waals surface area contributed by atoms with Crippen LogP contribution in [0.1, 0.15) is 22.8 Å². The van der Waals surface area contributed by atoms with Gasteiger partial charge in [-0.05, 0) is 24.1 Å². The van der Waals surface area contributed by atoms with E-state index in [0.29, 0.717) is 13.0 Å². The van der Waals surface area contributed by atoms with Crippen LogP contribution in [0.15, 0.2) is 24.3 Å². The van der Waals surface area contributed by atoms with Crippen molar-refractivity contribution >= 4 is 17.8 Å². The maximum Gasteiger partial charge on any atom is 0.335 e. The molecule has 0 atom stereocenters. The maximum absolute atomic E-state index is 11.5. The van der Waals surface area contributed by atoms with Crippen LogP contribution in [0.4, 0.5) is 0 Å². The first-order valence-electron chi connectivity index (χ1n) is 6.21. The Morgan fingerprint density at radius 2 is 1.80 bits per heavy atom. The van der Waals surface area contributed by atoms with Crippen LogP contribution >= 0.6 is 0 Å². The first kappa shape index (κ1) is 15.7. The number of benzene rings is 1. The summed E-state index contributed by atoms with van der Waals surface area (Å²) >= 11 is 0. The van der Waals surface area contributed by atoms with Crippen LogP contribution in [-0.2, 0) is 16.0 Å². The van der Waals surface area contributed by atoms with Crippen LogP contribution in [0.5, 0.6) is 0 Å². The molecular formula is C14H18N2O4. The highest BCUT2D eigenvalue weighted by molar-refractivity contribution is 5.87. The van der Waals surface area contributed by atoms with E-state index in [1.165, 1.54) is 24.0 Å². The smallest absolute Gasteiger partial charge is 0.335 e. The zero-order valence-electron chi connectivity index (χ0n) is 11.5. The minimum absolute atomic E-state index is 0.0350. The molecule has 108 valence electrons. The Bertz CT molecular complexity index is 496. The molecule has 1 aromatic carbocycles. The number of carbonyl (C=O) groups is 3. The van der Waals surface area contributed by atoms with Crippen molar-refractivity contribution in [1.29, 1.82) is 0 Å². The average Bonchev–Trinajstić information content (AvgIpc) is 2.39. The van der Waals surface area contributed by atoms with E-state index in [1.807, 2.05) is 0 Å². The molecule has 0 saturated carbocycles. The number of rotatable bonds is 6. The van der Waals surface area contributed by atoms with Gasteiger partial charge in [-0.3, -0.25) is 9.59 Å². The molecule has 0 aliphatic carbocycles. The molecule has 0 fully saturated rings. The van der Waals surface area contributed by atoms with Gasteiger partial charge in [0.05, 0.1) is 12.1 Å². The highest BCUT2D eigenvalue weighted by Gasteiger charge is 2.08. The van der Waals surface area contributed by atoms with Gasteiger partial charge in [0.2, 0.25) is 11.8 Å². The second kappa shape index (κ2) is 7.28. The fraction of sp³-hybridized carbons (Fsp3) is 0.357. The first-order valence-corrected chi connectivity index (χ1v) is 6.21. The van der Waals surface area contributed by atoms with Gasteiger partial charge in [-0.2, -0.15) is 0 Å². The van der Waals surface area contributed by atoms with E-state index in [2.05, 4.69) is 5.32 Å². The summed E-state index contributed by atoms with van der Waals surface area (Å²) in [5.41, 5.74) is 1.18. The first-order chi connectivity index (χ1) is 9.40. The molecule has 2 N–H and O–H groups in total. The Morgan fingerprint density at radius 1 is 1.20 bits per heavy atom. The lowest BCUT2D eigenvalue weighted by Crippen LogP contribution is -2.38. The summed E-state index contributed by atoms with van der Waals surface area (Å²) in [7, 11) is 1.56. The molecule has 6 nitrogen and oxygen atoms in total. The van der Waals surface area contributed by atoms with E-state index < -0.39 is 5.97 Å². The van der Waals surface area contributed by atoms with Gasteiger partial charge >= 0.3 is 5.97 Å². The Balaban J connectivity index is 2.35. The second-order valence-corrected chi connectivity index (χ2v) is 4.48. The highest BCUT2D eigenvalue weighted by atomic mass is 16.4. The summed E-state index contributed by atoms with van der Waals surface area (Å²) in [5, 5.41) is 11.5. The van der Waals surface area contributed by atoms with Crippen molar-refractivity contribution in [3.63, 3.8) is 0 Å². The van der Waals surface area contributed by atoms with E-state index in [-0.39, 0.29) is 23.9 Å². The lowest BCUT2D eigenvalue weighted by Gasteiger charge is -2.14. The van der Waals surface area contributed by atoms with E-state index >= 15 is 0 Å². The van der Waals surface area contributed by atoms with Gasteiger partial charge in [-0.1, -0.05) is 12.1 Å². The molecule has 0 saturated heterocycles. The van der Waals surface area contributed by atoms with E-state index in [4.69, 9.17) is 5.11 Å².